The largest absolute Gasteiger partial charge is 0.390 e. The van der Waals surface area contributed by atoms with Crippen LogP contribution in [0.3, 0.4) is 0 Å². The van der Waals surface area contributed by atoms with Crippen LogP contribution in [0.25, 0.3) is 0 Å². The minimum absolute atomic E-state index is 0.116. The van der Waals surface area contributed by atoms with Crippen molar-refractivity contribution in [2.45, 2.75) is 62.9 Å². The number of piperidine rings is 1. The molecule has 2 aliphatic carbocycles. The molecule has 1 saturated heterocycles. The predicted molar refractivity (Wildman–Crippen MR) is 77.7 cm³/mol. The number of amides is 2. The first-order chi connectivity index (χ1) is 10.1. The summed E-state index contributed by atoms with van der Waals surface area (Å²) in [7, 11) is 0. The zero-order chi connectivity index (χ0) is 14.8. The number of urea groups is 1. The highest BCUT2D eigenvalue weighted by atomic mass is 19.1. The van der Waals surface area contributed by atoms with E-state index in [1.807, 2.05) is 0 Å². The second-order valence-corrected chi connectivity index (χ2v) is 6.75. The van der Waals surface area contributed by atoms with Crippen molar-refractivity contribution in [1.82, 2.24) is 16.0 Å². The average molecular weight is 299 g/mol. The Morgan fingerprint density at radius 2 is 1.86 bits per heavy atom. The highest BCUT2D eigenvalue weighted by Gasteiger charge is 2.47. The number of carbonyl (C=O) groups excluding carboxylic acids is 1. The molecule has 3 fully saturated rings. The molecule has 0 spiro atoms. The van der Waals surface area contributed by atoms with E-state index < -0.39 is 12.3 Å². The lowest BCUT2D eigenvalue weighted by Crippen LogP contribution is -2.55. The van der Waals surface area contributed by atoms with Gasteiger partial charge in [0.2, 0.25) is 0 Å². The van der Waals surface area contributed by atoms with Crippen molar-refractivity contribution in [1.29, 1.82) is 0 Å². The molecule has 0 aromatic heterocycles. The van der Waals surface area contributed by atoms with Gasteiger partial charge in [0.1, 0.15) is 6.17 Å². The highest BCUT2D eigenvalue weighted by Crippen LogP contribution is 2.45. The summed E-state index contributed by atoms with van der Waals surface area (Å²) in [4.78, 5) is 12.0. The summed E-state index contributed by atoms with van der Waals surface area (Å²) in [5, 5.41) is 18.7. The number of hydrogen-bond donors (Lipinski definition) is 4. The Morgan fingerprint density at radius 3 is 2.62 bits per heavy atom. The van der Waals surface area contributed by atoms with Crippen molar-refractivity contribution >= 4 is 6.03 Å². The molecule has 2 amide bonds. The molecule has 0 bridgehead atoms. The number of rotatable bonds is 3. The second-order valence-electron chi connectivity index (χ2n) is 6.75. The van der Waals surface area contributed by atoms with Crippen LogP contribution in [0.2, 0.25) is 0 Å². The molecular formula is C15H26FN3O2. The maximum atomic E-state index is 13.9. The summed E-state index contributed by atoms with van der Waals surface area (Å²) in [5.74, 6) is 0.442. The third kappa shape index (κ3) is 3.66. The Bertz CT molecular complexity index is 382. The number of nitrogens with one attached hydrogen (secondary N) is 3. The summed E-state index contributed by atoms with van der Waals surface area (Å²) in [6.07, 6.45) is 4.15. The van der Waals surface area contributed by atoms with Crippen molar-refractivity contribution in [3.05, 3.63) is 0 Å². The number of β-amino-alcohol motifs (C(OH)–C–C–N with tert-alkyl or cyclic N) is 1. The van der Waals surface area contributed by atoms with Crippen LogP contribution in [-0.4, -0.2) is 48.6 Å². The standard InChI is InChI=1S/C15H26FN3O2/c16-11-4-2-1-3-9(11)10-7-13(10)19-15(21)18-12-5-6-17-8-14(12)20/h9-14,17,20H,1-8H2,(H2,18,19,21)/t9?,10-,11?,12?,13+,14?/m0/s1. The van der Waals surface area contributed by atoms with Gasteiger partial charge in [-0.05, 0) is 44.1 Å². The van der Waals surface area contributed by atoms with Crippen LogP contribution < -0.4 is 16.0 Å². The zero-order valence-electron chi connectivity index (χ0n) is 12.4. The van der Waals surface area contributed by atoms with Gasteiger partial charge in [0, 0.05) is 12.6 Å². The molecule has 3 aliphatic rings. The van der Waals surface area contributed by atoms with Crippen LogP contribution in [0, 0.1) is 11.8 Å². The molecule has 0 aromatic carbocycles. The maximum absolute atomic E-state index is 13.9. The van der Waals surface area contributed by atoms with Gasteiger partial charge in [0.25, 0.3) is 0 Å². The fourth-order valence-corrected chi connectivity index (χ4v) is 3.84. The number of aliphatic hydroxyl groups excluding tert-OH is 1. The van der Waals surface area contributed by atoms with Crippen LogP contribution in [-0.2, 0) is 0 Å². The first-order valence-electron chi connectivity index (χ1n) is 8.25. The maximum Gasteiger partial charge on any atom is 0.315 e. The van der Waals surface area contributed by atoms with E-state index in [1.165, 1.54) is 0 Å². The molecule has 3 rings (SSSR count). The molecule has 21 heavy (non-hydrogen) atoms. The van der Waals surface area contributed by atoms with E-state index in [9.17, 15) is 14.3 Å². The Balaban J connectivity index is 1.42. The minimum atomic E-state index is -0.690. The van der Waals surface area contributed by atoms with Crippen molar-refractivity contribution in [2.75, 3.05) is 13.1 Å². The van der Waals surface area contributed by atoms with E-state index in [2.05, 4.69) is 16.0 Å². The van der Waals surface area contributed by atoms with E-state index in [0.717, 1.165) is 38.6 Å². The van der Waals surface area contributed by atoms with E-state index in [-0.39, 0.29) is 24.0 Å². The summed E-state index contributed by atoms with van der Waals surface area (Å²) in [6, 6.07) is -0.295. The van der Waals surface area contributed by atoms with Crippen LogP contribution in [0.5, 0.6) is 0 Å². The van der Waals surface area contributed by atoms with Gasteiger partial charge in [0.05, 0.1) is 12.1 Å². The predicted octanol–water partition coefficient (Wildman–Crippen LogP) is 0.925. The van der Waals surface area contributed by atoms with E-state index in [4.69, 9.17) is 0 Å². The monoisotopic (exact) mass is 299 g/mol. The van der Waals surface area contributed by atoms with E-state index in [0.29, 0.717) is 18.9 Å². The van der Waals surface area contributed by atoms with Crippen molar-refractivity contribution in [2.24, 2.45) is 11.8 Å². The van der Waals surface area contributed by atoms with Crippen LogP contribution >= 0.6 is 0 Å². The first kappa shape index (κ1) is 15.0. The molecule has 1 aliphatic heterocycles. The molecule has 6 heteroatoms. The highest BCUT2D eigenvalue weighted by molar-refractivity contribution is 5.75. The lowest BCUT2D eigenvalue weighted by atomic mass is 9.84. The Hall–Kier alpha value is -0.880. The topological polar surface area (TPSA) is 73.4 Å². The third-order valence-electron chi connectivity index (χ3n) is 5.20. The van der Waals surface area contributed by atoms with Gasteiger partial charge in [-0.3, -0.25) is 0 Å². The fourth-order valence-electron chi connectivity index (χ4n) is 3.84. The summed E-state index contributed by atoms with van der Waals surface area (Å²) >= 11 is 0. The normalized spacial score (nSPS) is 43.1. The number of alkyl halides is 1. The number of halogens is 1. The Labute approximate surface area is 125 Å². The molecule has 6 atom stereocenters. The van der Waals surface area contributed by atoms with Crippen LogP contribution in [0.15, 0.2) is 0 Å². The SMILES string of the molecule is O=C(NC1CCNCC1O)N[C@@H]1C[C@H]1C1CCCCC1F. The molecular weight excluding hydrogens is 273 g/mol. The van der Waals surface area contributed by atoms with Gasteiger partial charge in [0.15, 0.2) is 0 Å². The molecule has 120 valence electrons. The van der Waals surface area contributed by atoms with Gasteiger partial charge >= 0.3 is 6.03 Å². The fraction of sp³-hybridized carbons (Fsp3) is 0.933. The smallest absolute Gasteiger partial charge is 0.315 e. The average Bonchev–Trinajstić information content (AvgIpc) is 3.21. The van der Waals surface area contributed by atoms with Crippen molar-refractivity contribution < 1.29 is 14.3 Å². The number of aliphatic hydroxyl groups is 1. The summed E-state index contributed by atoms with van der Waals surface area (Å²) < 4.78 is 13.9. The van der Waals surface area contributed by atoms with Gasteiger partial charge in [-0.2, -0.15) is 0 Å². The van der Waals surface area contributed by atoms with Gasteiger partial charge in [-0.15, -0.1) is 0 Å². The van der Waals surface area contributed by atoms with Gasteiger partial charge in [-0.1, -0.05) is 12.8 Å². The van der Waals surface area contributed by atoms with Gasteiger partial charge < -0.3 is 21.1 Å². The molecule has 2 saturated carbocycles. The first-order valence-corrected chi connectivity index (χ1v) is 8.25. The van der Waals surface area contributed by atoms with Crippen molar-refractivity contribution in [3.8, 4) is 0 Å². The molecule has 0 aromatic rings. The van der Waals surface area contributed by atoms with Crippen LogP contribution in [0.1, 0.15) is 38.5 Å². The summed E-state index contributed by atoms with van der Waals surface area (Å²) in [6.45, 7) is 1.32. The van der Waals surface area contributed by atoms with E-state index >= 15 is 0 Å². The van der Waals surface area contributed by atoms with Crippen molar-refractivity contribution in [3.63, 3.8) is 0 Å². The zero-order valence-corrected chi connectivity index (χ0v) is 12.4. The Morgan fingerprint density at radius 1 is 1.10 bits per heavy atom. The summed E-state index contributed by atoms with van der Waals surface area (Å²) in [5.41, 5.74) is 0. The van der Waals surface area contributed by atoms with E-state index in [1.54, 1.807) is 0 Å². The number of carbonyl (C=O) groups is 1. The molecule has 4 N–H and O–H groups in total. The minimum Gasteiger partial charge on any atom is -0.390 e. The quantitative estimate of drug-likeness (QED) is 0.626. The molecule has 0 radical (unpaired) electrons. The van der Waals surface area contributed by atoms with Crippen LogP contribution in [0.4, 0.5) is 9.18 Å². The lowest BCUT2D eigenvalue weighted by Gasteiger charge is -2.29. The lowest BCUT2D eigenvalue weighted by molar-refractivity contribution is 0.105. The third-order valence-corrected chi connectivity index (χ3v) is 5.20. The van der Waals surface area contributed by atoms with Gasteiger partial charge in [-0.25, -0.2) is 9.18 Å². The Kier molecular flexibility index (Phi) is 4.64. The molecule has 5 nitrogen and oxygen atoms in total. The molecule has 1 heterocycles. The second kappa shape index (κ2) is 6.48. The molecule has 4 unspecified atom stereocenters. The number of hydrogen-bond acceptors (Lipinski definition) is 3.